The molecule has 2 atom stereocenters. The van der Waals surface area contributed by atoms with Gasteiger partial charge in [0.1, 0.15) is 11.9 Å². The van der Waals surface area contributed by atoms with Crippen LogP contribution in [0.25, 0.3) is 0 Å². The van der Waals surface area contributed by atoms with Gasteiger partial charge in [-0.15, -0.1) is 13.2 Å². The fourth-order valence-electron chi connectivity index (χ4n) is 3.22. The molecule has 0 saturated carbocycles. The Labute approximate surface area is 175 Å². The highest BCUT2D eigenvalue weighted by Gasteiger charge is 2.34. The van der Waals surface area contributed by atoms with Crippen LogP contribution >= 0.6 is 0 Å². The number of rotatable bonds is 6. The third-order valence-electron chi connectivity index (χ3n) is 4.82. The van der Waals surface area contributed by atoms with E-state index < -0.39 is 18.4 Å². The minimum Gasteiger partial charge on any atom is -0.484 e. The zero-order valence-corrected chi connectivity index (χ0v) is 16.4. The van der Waals surface area contributed by atoms with E-state index in [-0.39, 0.29) is 47.7 Å². The zero-order valence-electron chi connectivity index (χ0n) is 16.4. The predicted octanol–water partition coefficient (Wildman–Crippen LogP) is 2.73. The average Bonchev–Trinajstić information content (AvgIpc) is 3.04. The minimum absolute atomic E-state index is 0.00390. The number of carbonyl (C=O) groups is 2. The molecule has 2 aromatic rings. The summed E-state index contributed by atoms with van der Waals surface area (Å²) in [6.07, 6.45) is -4.06. The lowest BCUT2D eigenvalue weighted by Crippen LogP contribution is -2.32. The van der Waals surface area contributed by atoms with Gasteiger partial charge >= 0.3 is 12.3 Å². The fraction of sp³-hybridized carbons (Fsp3) is 0.350. The zero-order chi connectivity index (χ0) is 22.8. The number of benzene rings is 1. The smallest absolute Gasteiger partial charge is 0.484 e. The molecule has 0 bridgehead atoms. The van der Waals surface area contributed by atoms with Crippen LogP contribution in [-0.2, 0) is 11.2 Å². The Morgan fingerprint density at radius 2 is 1.94 bits per heavy atom. The number of likely N-dealkylation sites (tertiary alicyclic amines) is 1. The van der Waals surface area contributed by atoms with Gasteiger partial charge in [0.2, 0.25) is 5.91 Å². The molecule has 2 heterocycles. The lowest BCUT2D eigenvalue weighted by molar-refractivity contribution is -0.274. The second kappa shape index (κ2) is 8.70. The van der Waals surface area contributed by atoms with E-state index in [9.17, 15) is 22.8 Å². The van der Waals surface area contributed by atoms with Crippen molar-refractivity contribution in [2.24, 2.45) is 5.92 Å². The highest BCUT2D eigenvalue weighted by atomic mass is 19.4. The second-order valence-corrected chi connectivity index (χ2v) is 7.21. The fourth-order valence-corrected chi connectivity index (χ4v) is 3.22. The van der Waals surface area contributed by atoms with Crippen LogP contribution in [0.15, 0.2) is 36.5 Å². The molecule has 2 unspecified atom stereocenters. The first-order chi connectivity index (χ1) is 14.5. The normalized spacial score (nSPS) is 18.6. The summed E-state index contributed by atoms with van der Waals surface area (Å²) in [5, 5.41) is 9.09. The molecule has 0 aliphatic carbocycles. The van der Waals surface area contributed by atoms with Gasteiger partial charge in [-0.3, -0.25) is 4.79 Å². The predicted molar refractivity (Wildman–Crippen MR) is 103 cm³/mol. The molecule has 166 valence electrons. The molecule has 1 saturated heterocycles. The number of nitrogen functional groups attached to an aromatic ring is 1. The monoisotopic (exact) mass is 439 g/mol. The number of alkyl halides is 3. The number of carboxylic acid groups (broad SMARTS) is 1. The van der Waals surface area contributed by atoms with Gasteiger partial charge in [-0.05, 0) is 17.7 Å². The van der Waals surface area contributed by atoms with E-state index in [1.807, 2.05) is 6.92 Å². The first-order valence-corrected chi connectivity index (χ1v) is 9.30. The van der Waals surface area contributed by atoms with Gasteiger partial charge in [0.05, 0.1) is 18.5 Å². The Balaban J connectivity index is 1.61. The Morgan fingerprint density at radius 3 is 2.55 bits per heavy atom. The van der Waals surface area contributed by atoms with Gasteiger partial charge in [0.25, 0.3) is 0 Å². The molecule has 3 N–H and O–H groups in total. The molecule has 1 aromatic carbocycles. The van der Waals surface area contributed by atoms with Crippen molar-refractivity contribution in [3.8, 4) is 11.5 Å². The SMILES string of the molecule is CC1CN(C(=O)Cc2ccc(OC(F)(F)F)cc2)CC1Oc1cc(C(=O)O)cnc1N. The molecule has 8 nitrogen and oxygen atoms in total. The average molecular weight is 439 g/mol. The Kier molecular flexibility index (Phi) is 6.23. The topological polar surface area (TPSA) is 115 Å². The largest absolute Gasteiger partial charge is 0.573 e. The molecule has 1 amide bonds. The molecule has 1 fully saturated rings. The van der Waals surface area contributed by atoms with Crippen LogP contribution in [0.1, 0.15) is 22.8 Å². The maximum atomic E-state index is 12.6. The molecule has 1 aliphatic rings. The highest BCUT2D eigenvalue weighted by Crippen LogP contribution is 2.28. The van der Waals surface area contributed by atoms with Crippen molar-refractivity contribution in [2.45, 2.75) is 25.8 Å². The van der Waals surface area contributed by atoms with E-state index in [2.05, 4.69) is 9.72 Å². The van der Waals surface area contributed by atoms with Crippen LogP contribution in [-0.4, -0.2) is 52.4 Å². The van der Waals surface area contributed by atoms with E-state index in [0.29, 0.717) is 12.1 Å². The van der Waals surface area contributed by atoms with Gasteiger partial charge < -0.3 is 25.2 Å². The van der Waals surface area contributed by atoms with E-state index in [1.54, 1.807) is 4.90 Å². The second-order valence-electron chi connectivity index (χ2n) is 7.21. The summed E-state index contributed by atoms with van der Waals surface area (Å²) in [4.78, 5) is 29.1. The number of nitrogens with two attached hydrogens (primary N) is 1. The van der Waals surface area contributed by atoms with E-state index in [1.165, 1.54) is 18.2 Å². The number of amides is 1. The Bertz CT molecular complexity index is 966. The van der Waals surface area contributed by atoms with Gasteiger partial charge in [0, 0.05) is 24.7 Å². The van der Waals surface area contributed by atoms with Gasteiger partial charge in [-0.25, -0.2) is 9.78 Å². The number of hydrogen-bond donors (Lipinski definition) is 2. The van der Waals surface area contributed by atoms with Crippen molar-refractivity contribution < 1.29 is 37.3 Å². The molecular weight excluding hydrogens is 419 g/mol. The number of ether oxygens (including phenoxy) is 2. The molecule has 31 heavy (non-hydrogen) atoms. The minimum atomic E-state index is -4.78. The number of pyridine rings is 1. The lowest BCUT2D eigenvalue weighted by Gasteiger charge is -2.19. The summed E-state index contributed by atoms with van der Waals surface area (Å²) < 4.78 is 46.4. The quantitative estimate of drug-likeness (QED) is 0.711. The molecule has 0 spiro atoms. The van der Waals surface area contributed by atoms with Crippen molar-refractivity contribution in [1.82, 2.24) is 9.88 Å². The van der Waals surface area contributed by atoms with Crippen LogP contribution in [0.5, 0.6) is 11.5 Å². The van der Waals surface area contributed by atoms with Crippen molar-refractivity contribution in [3.05, 3.63) is 47.7 Å². The van der Waals surface area contributed by atoms with Crippen molar-refractivity contribution in [3.63, 3.8) is 0 Å². The number of aromatic nitrogens is 1. The third kappa shape index (κ3) is 5.77. The van der Waals surface area contributed by atoms with E-state index >= 15 is 0 Å². The molecule has 11 heteroatoms. The molecule has 1 aliphatic heterocycles. The lowest BCUT2D eigenvalue weighted by atomic mass is 10.1. The molecule has 0 radical (unpaired) electrons. The number of nitrogens with zero attached hydrogens (tertiary/aromatic N) is 2. The standard InChI is InChI=1S/C20H20F3N3O5/c1-11-9-26(10-16(11)30-15-7-13(19(28)29)8-25-18(15)24)17(27)6-12-2-4-14(5-3-12)31-20(21,22)23/h2-5,7-8,11,16H,6,9-10H2,1H3,(H2,24,25)(H,28,29). The summed E-state index contributed by atoms with van der Waals surface area (Å²) in [6, 6.07) is 6.39. The number of carbonyl (C=O) groups excluding carboxylic acids is 1. The first-order valence-electron chi connectivity index (χ1n) is 9.30. The summed E-state index contributed by atoms with van der Waals surface area (Å²) >= 11 is 0. The number of halogens is 3. The van der Waals surface area contributed by atoms with Crippen molar-refractivity contribution >= 4 is 17.7 Å². The van der Waals surface area contributed by atoms with Crippen LogP contribution in [0, 0.1) is 5.92 Å². The third-order valence-corrected chi connectivity index (χ3v) is 4.82. The van der Waals surface area contributed by atoms with Gasteiger partial charge in [0.15, 0.2) is 11.6 Å². The van der Waals surface area contributed by atoms with Crippen LogP contribution in [0.2, 0.25) is 0 Å². The molecule has 3 rings (SSSR count). The number of carboxylic acids is 1. The Hall–Kier alpha value is -3.50. The summed E-state index contributed by atoms with van der Waals surface area (Å²) in [5.74, 6) is -1.62. The van der Waals surface area contributed by atoms with E-state index in [0.717, 1.165) is 18.3 Å². The molecular formula is C20H20F3N3O5. The first kappa shape index (κ1) is 22.2. The number of hydrogen-bond acceptors (Lipinski definition) is 6. The van der Waals surface area contributed by atoms with Gasteiger partial charge in [-0.2, -0.15) is 0 Å². The van der Waals surface area contributed by atoms with Crippen LogP contribution in [0.4, 0.5) is 19.0 Å². The summed E-state index contributed by atoms with van der Waals surface area (Å²) in [5.41, 5.74) is 6.24. The number of anilines is 1. The Morgan fingerprint density at radius 1 is 1.26 bits per heavy atom. The van der Waals surface area contributed by atoms with Crippen molar-refractivity contribution in [1.29, 1.82) is 0 Å². The maximum Gasteiger partial charge on any atom is 0.573 e. The van der Waals surface area contributed by atoms with E-state index in [4.69, 9.17) is 15.6 Å². The molecule has 1 aromatic heterocycles. The number of aromatic carboxylic acids is 1. The van der Waals surface area contributed by atoms with Gasteiger partial charge in [-0.1, -0.05) is 19.1 Å². The van der Waals surface area contributed by atoms with Crippen LogP contribution < -0.4 is 15.2 Å². The summed E-state index contributed by atoms with van der Waals surface area (Å²) in [6.45, 7) is 2.54. The highest BCUT2D eigenvalue weighted by molar-refractivity contribution is 5.88. The maximum absolute atomic E-state index is 12.6. The van der Waals surface area contributed by atoms with Crippen molar-refractivity contribution in [2.75, 3.05) is 18.8 Å². The van der Waals surface area contributed by atoms with Crippen LogP contribution in [0.3, 0.4) is 0 Å². The summed E-state index contributed by atoms with van der Waals surface area (Å²) in [7, 11) is 0.